The smallest absolute Gasteiger partial charge is 0.253 e. The van der Waals surface area contributed by atoms with Crippen LogP contribution in [-0.4, -0.2) is 52.8 Å². The summed E-state index contributed by atoms with van der Waals surface area (Å²) in [5.41, 5.74) is 1.70. The highest BCUT2D eigenvalue weighted by Gasteiger charge is 2.26. The van der Waals surface area contributed by atoms with E-state index in [-0.39, 0.29) is 17.9 Å². The first-order valence-electron chi connectivity index (χ1n) is 7.66. The largest absolute Gasteiger partial charge is 0.361 e. The van der Waals surface area contributed by atoms with E-state index in [0.29, 0.717) is 18.7 Å². The average molecular weight is 299 g/mol. The Labute approximate surface area is 129 Å². The zero-order chi connectivity index (χ0) is 15.7. The Morgan fingerprint density at radius 2 is 1.95 bits per heavy atom. The third kappa shape index (κ3) is 2.71. The third-order valence-corrected chi connectivity index (χ3v) is 4.60. The normalized spacial score (nSPS) is 16.0. The van der Waals surface area contributed by atoms with Crippen LogP contribution in [0.15, 0.2) is 30.5 Å². The number of nitrogens with one attached hydrogen (secondary N) is 1. The van der Waals surface area contributed by atoms with E-state index in [1.54, 1.807) is 11.8 Å². The van der Waals surface area contributed by atoms with Gasteiger partial charge in [-0.1, -0.05) is 6.07 Å². The molecule has 0 radical (unpaired) electrons. The number of fused-ring (bicyclic) bond motifs is 1. The lowest BCUT2D eigenvalue weighted by Crippen LogP contribution is -2.46. The SMILES string of the molecule is CC(=O)N(C)C1CCN(C(=O)c2ccc3cc[nH]c3c2)CC1. The molecule has 1 fully saturated rings. The number of carbonyl (C=O) groups is 2. The summed E-state index contributed by atoms with van der Waals surface area (Å²) in [6, 6.07) is 7.99. The van der Waals surface area contributed by atoms with Gasteiger partial charge in [-0.25, -0.2) is 0 Å². The molecule has 0 unspecified atom stereocenters. The zero-order valence-corrected chi connectivity index (χ0v) is 13.0. The molecule has 5 heteroatoms. The van der Waals surface area contributed by atoms with Gasteiger partial charge in [-0.15, -0.1) is 0 Å². The van der Waals surface area contributed by atoms with Crippen molar-refractivity contribution in [2.75, 3.05) is 20.1 Å². The predicted molar refractivity (Wildman–Crippen MR) is 85.7 cm³/mol. The maximum absolute atomic E-state index is 12.6. The summed E-state index contributed by atoms with van der Waals surface area (Å²) in [7, 11) is 1.84. The van der Waals surface area contributed by atoms with Crippen LogP contribution in [0.4, 0.5) is 0 Å². The summed E-state index contributed by atoms with van der Waals surface area (Å²) in [5, 5.41) is 1.11. The molecule has 116 valence electrons. The van der Waals surface area contributed by atoms with Crippen molar-refractivity contribution in [3.63, 3.8) is 0 Å². The monoisotopic (exact) mass is 299 g/mol. The Morgan fingerprint density at radius 1 is 1.23 bits per heavy atom. The molecule has 1 saturated heterocycles. The Bertz CT molecular complexity index is 699. The summed E-state index contributed by atoms with van der Waals surface area (Å²) in [5.74, 6) is 0.155. The number of hydrogen-bond acceptors (Lipinski definition) is 2. The number of nitrogens with zero attached hydrogens (tertiary/aromatic N) is 2. The molecule has 0 aliphatic carbocycles. The molecule has 2 aromatic rings. The van der Waals surface area contributed by atoms with Gasteiger partial charge < -0.3 is 14.8 Å². The molecule has 22 heavy (non-hydrogen) atoms. The summed E-state index contributed by atoms with van der Waals surface area (Å²) in [6.45, 7) is 2.98. The summed E-state index contributed by atoms with van der Waals surface area (Å²) in [4.78, 5) is 30.8. The molecule has 2 heterocycles. The summed E-state index contributed by atoms with van der Waals surface area (Å²) in [6.07, 6.45) is 3.56. The van der Waals surface area contributed by atoms with Gasteiger partial charge in [0.05, 0.1) is 0 Å². The van der Waals surface area contributed by atoms with E-state index < -0.39 is 0 Å². The highest BCUT2D eigenvalue weighted by Crippen LogP contribution is 2.20. The molecular formula is C17H21N3O2. The minimum Gasteiger partial charge on any atom is -0.361 e. The van der Waals surface area contributed by atoms with Crippen molar-refractivity contribution < 1.29 is 9.59 Å². The van der Waals surface area contributed by atoms with Gasteiger partial charge in [-0.2, -0.15) is 0 Å². The van der Waals surface area contributed by atoms with Crippen molar-refractivity contribution in [1.29, 1.82) is 0 Å². The average Bonchev–Trinajstić information content (AvgIpc) is 3.01. The van der Waals surface area contributed by atoms with Crippen molar-refractivity contribution in [3.05, 3.63) is 36.0 Å². The van der Waals surface area contributed by atoms with Crippen molar-refractivity contribution in [1.82, 2.24) is 14.8 Å². The van der Waals surface area contributed by atoms with Crippen LogP contribution in [0.25, 0.3) is 10.9 Å². The van der Waals surface area contributed by atoms with Crippen LogP contribution >= 0.6 is 0 Å². The molecule has 0 atom stereocenters. The highest BCUT2D eigenvalue weighted by molar-refractivity contribution is 5.98. The van der Waals surface area contributed by atoms with Crippen LogP contribution in [0, 0.1) is 0 Å². The molecule has 0 saturated carbocycles. The van der Waals surface area contributed by atoms with Crippen LogP contribution in [-0.2, 0) is 4.79 Å². The Kier molecular flexibility index (Phi) is 3.88. The molecule has 0 bridgehead atoms. The number of likely N-dealkylation sites (tertiary alicyclic amines) is 1. The topological polar surface area (TPSA) is 56.4 Å². The van der Waals surface area contributed by atoms with Gasteiger partial charge >= 0.3 is 0 Å². The lowest BCUT2D eigenvalue weighted by Gasteiger charge is -2.36. The van der Waals surface area contributed by atoms with Gasteiger partial charge in [0.2, 0.25) is 5.91 Å². The Balaban J connectivity index is 1.67. The van der Waals surface area contributed by atoms with E-state index in [4.69, 9.17) is 0 Å². The first-order valence-corrected chi connectivity index (χ1v) is 7.66. The number of carbonyl (C=O) groups excluding carboxylic acids is 2. The molecule has 1 aliphatic rings. The number of piperidine rings is 1. The van der Waals surface area contributed by atoms with Crippen molar-refractivity contribution in [3.8, 4) is 0 Å². The van der Waals surface area contributed by atoms with Crippen molar-refractivity contribution in [2.24, 2.45) is 0 Å². The highest BCUT2D eigenvalue weighted by atomic mass is 16.2. The standard InChI is InChI=1S/C17H21N3O2/c1-12(21)19(2)15-6-9-20(10-7-15)17(22)14-4-3-13-5-8-18-16(13)11-14/h3-5,8,11,15,18H,6-7,9-10H2,1-2H3. The van der Waals surface area contributed by atoms with Crippen LogP contribution in [0.1, 0.15) is 30.1 Å². The number of benzene rings is 1. The zero-order valence-electron chi connectivity index (χ0n) is 13.0. The van der Waals surface area contributed by atoms with Gasteiger partial charge in [0.15, 0.2) is 0 Å². The second-order valence-electron chi connectivity index (χ2n) is 5.93. The molecule has 1 aromatic heterocycles. The fraction of sp³-hybridized carbons (Fsp3) is 0.412. The van der Waals surface area contributed by atoms with Gasteiger partial charge in [0.25, 0.3) is 5.91 Å². The summed E-state index contributed by atoms with van der Waals surface area (Å²) < 4.78 is 0. The van der Waals surface area contributed by atoms with Crippen LogP contribution in [0.5, 0.6) is 0 Å². The van der Waals surface area contributed by atoms with E-state index >= 15 is 0 Å². The van der Waals surface area contributed by atoms with Gasteiger partial charge in [0.1, 0.15) is 0 Å². The lowest BCUT2D eigenvalue weighted by atomic mass is 10.0. The molecule has 5 nitrogen and oxygen atoms in total. The minimum absolute atomic E-state index is 0.0698. The molecular weight excluding hydrogens is 278 g/mol. The van der Waals surface area contributed by atoms with E-state index in [1.165, 1.54) is 0 Å². The first-order chi connectivity index (χ1) is 10.6. The van der Waals surface area contributed by atoms with Crippen molar-refractivity contribution >= 4 is 22.7 Å². The van der Waals surface area contributed by atoms with Crippen LogP contribution < -0.4 is 0 Å². The molecule has 0 spiro atoms. The maximum Gasteiger partial charge on any atom is 0.253 e. The second kappa shape index (κ2) is 5.83. The van der Waals surface area contributed by atoms with Gasteiger partial charge in [-0.3, -0.25) is 9.59 Å². The Hall–Kier alpha value is -2.30. The van der Waals surface area contributed by atoms with Crippen molar-refractivity contribution in [2.45, 2.75) is 25.8 Å². The number of amides is 2. The molecule has 3 rings (SSSR count). The fourth-order valence-electron chi connectivity index (χ4n) is 3.08. The number of rotatable bonds is 2. The number of hydrogen-bond donors (Lipinski definition) is 1. The third-order valence-electron chi connectivity index (χ3n) is 4.60. The fourth-order valence-corrected chi connectivity index (χ4v) is 3.08. The second-order valence-corrected chi connectivity index (χ2v) is 5.93. The number of aromatic amines is 1. The van der Waals surface area contributed by atoms with E-state index in [0.717, 1.165) is 23.7 Å². The van der Waals surface area contributed by atoms with Gasteiger partial charge in [-0.05, 0) is 36.4 Å². The predicted octanol–water partition coefficient (Wildman–Crippen LogP) is 2.25. The Morgan fingerprint density at radius 3 is 2.64 bits per heavy atom. The van der Waals surface area contributed by atoms with E-state index in [9.17, 15) is 9.59 Å². The minimum atomic E-state index is 0.0698. The quantitative estimate of drug-likeness (QED) is 0.924. The number of H-pyrrole nitrogens is 1. The summed E-state index contributed by atoms with van der Waals surface area (Å²) >= 11 is 0. The maximum atomic E-state index is 12.6. The molecule has 1 aliphatic heterocycles. The first kappa shape index (κ1) is 14.6. The van der Waals surface area contributed by atoms with Crippen LogP contribution in [0.3, 0.4) is 0 Å². The molecule has 1 N–H and O–H groups in total. The lowest BCUT2D eigenvalue weighted by molar-refractivity contribution is -0.130. The molecule has 1 aromatic carbocycles. The molecule has 2 amide bonds. The van der Waals surface area contributed by atoms with Crippen LogP contribution in [0.2, 0.25) is 0 Å². The number of aromatic nitrogens is 1. The van der Waals surface area contributed by atoms with E-state index in [2.05, 4.69) is 4.98 Å². The van der Waals surface area contributed by atoms with E-state index in [1.807, 2.05) is 42.4 Å². The van der Waals surface area contributed by atoms with Gasteiger partial charge in [0, 0.05) is 50.4 Å².